The molecule has 1 unspecified atom stereocenters. The minimum Gasteiger partial charge on any atom is -0.454 e. The Morgan fingerprint density at radius 1 is 1.35 bits per heavy atom. The van der Waals surface area contributed by atoms with Crippen LogP contribution in [0.5, 0.6) is 11.5 Å². The number of ether oxygens (including phenoxy) is 4. The van der Waals surface area contributed by atoms with Gasteiger partial charge in [0.1, 0.15) is 6.61 Å². The van der Waals surface area contributed by atoms with Gasteiger partial charge in [-0.2, -0.15) is 0 Å². The Hall–Kier alpha value is -1.99. The number of carbonyl (C=O) groups is 1. The maximum atomic E-state index is 12.3. The predicted octanol–water partition coefficient (Wildman–Crippen LogP) is 1.89. The van der Waals surface area contributed by atoms with Crippen LogP contribution in [0.1, 0.15) is 18.9 Å². The summed E-state index contributed by atoms with van der Waals surface area (Å²) >= 11 is 0. The Morgan fingerprint density at radius 2 is 2.15 bits per heavy atom. The number of fused-ring (bicyclic) bond motifs is 1. The molecule has 0 aliphatic carbocycles. The zero-order valence-electron chi connectivity index (χ0n) is 15.4. The second-order valence-corrected chi connectivity index (χ2v) is 7.42. The molecule has 1 atom stereocenters. The highest BCUT2D eigenvalue weighted by Gasteiger charge is 2.50. The van der Waals surface area contributed by atoms with Crippen molar-refractivity contribution in [1.29, 1.82) is 0 Å². The predicted molar refractivity (Wildman–Crippen MR) is 94.6 cm³/mol. The molecule has 1 aromatic carbocycles. The van der Waals surface area contributed by atoms with Gasteiger partial charge in [0.15, 0.2) is 11.5 Å². The molecule has 26 heavy (non-hydrogen) atoms. The van der Waals surface area contributed by atoms with Crippen molar-refractivity contribution in [3.05, 3.63) is 23.8 Å². The molecule has 0 radical (unpaired) electrons. The van der Waals surface area contributed by atoms with Gasteiger partial charge in [-0.25, -0.2) is 4.79 Å². The number of rotatable bonds is 6. The fourth-order valence-electron chi connectivity index (χ4n) is 3.67. The fraction of sp³-hybridized carbons (Fsp3) is 0.632. The first-order valence-electron chi connectivity index (χ1n) is 9.18. The highest BCUT2D eigenvalue weighted by molar-refractivity contribution is 5.67. The molecule has 0 saturated carbocycles. The van der Waals surface area contributed by atoms with E-state index in [0.717, 1.165) is 49.8 Å². The Morgan fingerprint density at radius 3 is 2.85 bits per heavy atom. The Kier molecular flexibility index (Phi) is 4.67. The summed E-state index contributed by atoms with van der Waals surface area (Å²) in [5, 5.41) is 0. The van der Waals surface area contributed by atoms with Gasteiger partial charge in [0.25, 0.3) is 0 Å². The molecule has 4 rings (SSSR count). The molecule has 2 fully saturated rings. The standard InChI is InChI=1S/C19H26N2O5/c1-14(9-15-3-4-16-17(10-15)26-13-25-16)20(2)18(22)24-8-7-21-6-5-19(21)11-23-12-19/h3-4,10,14H,5-9,11-13H2,1-2H3. The zero-order chi connectivity index (χ0) is 18.1. The van der Waals surface area contributed by atoms with E-state index in [-0.39, 0.29) is 24.5 Å². The minimum atomic E-state index is -0.280. The van der Waals surface area contributed by atoms with Crippen LogP contribution in [0.4, 0.5) is 4.79 Å². The Labute approximate surface area is 153 Å². The lowest BCUT2D eigenvalue weighted by Gasteiger charge is -2.57. The summed E-state index contributed by atoms with van der Waals surface area (Å²) in [6.45, 7) is 6.17. The molecule has 2 saturated heterocycles. The van der Waals surface area contributed by atoms with Crippen LogP contribution in [0, 0.1) is 0 Å². The van der Waals surface area contributed by atoms with Gasteiger partial charge in [-0.15, -0.1) is 0 Å². The van der Waals surface area contributed by atoms with Crippen LogP contribution in [-0.2, 0) is 15.9 Å². The molecule has 0 bridgehead atoms. The van der Waals surface area contributed by atoms with E-state index in [1.54, 1.807) is 11.9 Å². The lowest BCUT2D eigenvalue weighted by Crippen LogP contribution is -2.71. The molecule has 3 aliphatic rings. The summed E-state index contributed by atoms with van der Waals surface area (Å²) in [7, 11) is 1.78. The van der Waals surface area contributed by atoms with E-state index in [1.165, 1.54) is 6.42 Å². The van der Waals surface area contributed by atoms with Gasteiger partial charge in [0, 0.05) is 26.2 Å². The molecule has 142 valence electrons. The summed E-state index contributed by atoms with van der Waals surface area (Å²) in [6.07, 6.45) is 1.64. The quantitative estimate of drug-likeness (QED) is 0.770. The first-order chi connectivity index (χ1) is 12.6. The van der Waals surface area contributed by atoms with Crippen molar-refractivity contribution >= 4 is 6.09 Å². The van der Waals surface area contributed by atoms with Gasteiger partial charge in [-0.1, -0.05) is 6.07 Å². The Balaban J connectivity index is 1.22. The van der Waals surface area contributed by atoms with E-state index in [4.69, 9.17) is 18.9 Å². The number of hydrogen-bond donors (Lipinski definition) is 0. The van der Waals surface area contributed by atoms with Crippen molar-refractivity contribution < 1.29 is 23.7 Å². The normalized spacial score (nSPS) is 21.0. The summed E-state index contributed by atoms with van der Waals surface area (Å²) in [5.41, 5.74) is 1.35. The lowest BCUT2D eigenvalue weighted by molar-refractivity contribution is -0.194. The third kappa shape index (κ3) is 3.21. The monoisotopic (exact) mass is 362 g/mol. The molecule has 7 nitrogen and oxygen atoms in total. The van der Waals surface area contributed by atoms with Gasteiger partial charge >= 0.3 is 6.09 Å². The highest BCUT2D eigenvalue weighted by atomic mass is 16.7. The third-order valence-electron chi connectivity index (χ3n) is 5.76. The largest absolute Gasteiger partial charge is 0.454 e. The molecule has 7 heteroatoms. The average Bonchev–Trinajstić information content (AvgIpc) is 3.03. The first kappa shape index (κ1) is 17.4. The van der Waals surface area contributed by atoms with Crippen molar-refractivity contribution in [3.63, 3.8) is 0 Å². The van der Waals surface area contributed by atoms with Gasteiger partial charge in [0.05, 0.1) is 18.8 Å². The number of likely N-dealkylation sites (N-methyl/N-ethyl adjacent to an activating group) is 1. The molecule has 1 aromatic rings. The van der Waals surface area contributed by atoms with Crippen LogP contribution in [0.3, 0.4) is 0 Å². The second kappa shape index (κ2) is 6.96. The van der Waals surface area contributed by atoms with E-state index in [0.29, 0.717) is 6.61 Å². The number of amides is 1. The van der Waals surface area contributed by atoms with Gasteiger partial charge in [-0.05, 0) is 37.5 Å². The van der Waals surface area contributed by atoms with E-state index in [9.17, 15) is 4.79 Å². The van der Waals surface area contributed by atoms with Crippen molar-refractivity contribution in [2.24, 2.45) is 0 Å². The van der Waals surface area contributed by atoms with E-state index in [2.05, 4.69) is 4.90 Å². The lowest BCUT2D eigenvalue weighted by atomic mass is 9.83. The molecule has 3 aliphatic heterocycles. The van der Waals surface area contributed by atoms with Crippen LogP contribution in [0.15, 0.2) is 18.2 Å². The number of nitrogens with zero attached hydrogens (tertiary/aromatic N) is 2. The molecule has 3 heterocycles. The summed E-state index contributed by atoms with van der Waals surface area (Å²) in [5.74, 6) is 1.54. The minimum absolute atomic E-state index is 0.0262. The van der Waals surface area contributed by atoms with Gasteiger partial charge < -0.3 is 23.8 Å². The van der Waals surface area contributed by atoms with Crippen LogP contribution in [0.2, 0.25) is 0 Å². The van der Waals surface area contributed by atoms with Crippen molar-refractivity contribution in [1.82, 2.24) is 9.80 Å². The maximum Gasteiger partial charge on any atom is 0.409 e. The topological polar surface area (TPSA) is 60.5 Å². The van der Waals surface area contributed by atoms with E-state index >= 15 is 0 Å². The highest BCUT2D eigenvalue weighted by Crippen LogP contribution is 2.36. The summed E-state index contributed by atoms with van der Waals surface area (Å²) in [6, 6.07) is 5.92. The van der Waals surface area contributed by atoms with Crippen LogP contribution >= 0.6 is 0 Å². The summed E-state index contributed by atoms with van der Waals surface area (Å²) < 4.78 is 21.5. The molecule has 1 spiro atoms. The number of benzene rings is 1. The van der Waals surface area contributed by atoms with Crippen LogP contribution in [0.25, 0.3) is 0 Å². The number of carbonyl (C=O) groups excluding carboxylic acids is 1. The first-order valence-corrected chi connectivity index (χ1v) is 9.18. The van der Waals surface area contributed by atoms with E-state index < -0.39 is 0 Å². The molecule has 0 aromatic heterocycles. The van der Waals surface area contributed by atoms with Crippen molar-refractivity contribution in [2.75, 3.05) is 46.8 Å². The molecule has 0 N–H and O–H groups in total. The smallest absolute Gasteiger partial charge is 0.409 e. The van der Waals surface area contributed by atoms with Gasteiger partial charge in [-0.3, -0.25) is 4.90 Å². The number of likely N-dealkylation sites (tertiary alicyclic amines) is 1. The Bertz CT molecular complexity index is 670. The molecular formula is C19H26N2O5. The molecule has 1 amide bonds. The summed E-state index contributed by atoms with van der Waals surface area (Å²) in [4.78, 5) is 16.3. The second-order valence-electron chi connectivity index (χ2n) is 7.42. The zero-order valence-corrected chi connectivity index (χ0v) is 15.4. The SMILES string of the molecule is CC(Cc1ccc2c(c1)OCO2)N(C)C(=O)OCCN1CCC12COC2. The fourth-order valence-corrected chi connectivity index (χ4v) is 3.67. The van der Waals surface area contributed by atoms with Crippen LogP contribution in [-0.4, -0.2) is 74.2 Å². The number of hydrogen-bond acceptors (Lipinski definition) is 6. The average molecular weight is 362 g/mol. The van der Waals surface area contributed by atoms with Crippen LogP contribution < -0.4 is 9.47 Å². The maximum absolute atomic E-state index is 12.3. The van der Waals surface area contributed by atoms with Crippen molar-refractivity contribution in [2.45, 2.75) is 31.3 Å². The van der Waals surface area contributed by atoms with Gasteiger partial charge in [0.2, 0.25) is 6.79 Å². The van der Waals surface area contributed by atoms with Crippen molar-refractivity contribution in [3.8, 4) is 11.5 Å². The van der Waals surface area contributed by atoms with E-state index in [1.807, 2.05) is 25.1 Å². The third-order valence-corrected chi connectivity index (χ3v) is 5.76. The molecular weight excluding hydrogens is 336 g/mol.